The molecule has 3 aromatic rings. The van der Waals surface area contributed by atoms with Crippen LogP contribution in [0.4, 0.5) is 0 Å². The monoisotopic (exact) mass is 476 g/mol. The van der Waals surface area contributed by atoms with Gasteiger partial charge in [-0.3, -0.25) is 19.8 Å². The number of aromatic amines is 1. The lowest BCUT2D eigenvalue weighted by Gasteiger charge is -2.29. The summed E-state index contributed by atoms with van der Waals surface area (Å²) in [5.41, 5.74) is 3.80. The molecule has 1 aromatic heterocycles. The van der Waals surface area contributed by atoms with Crippen LogP contribution in [-0.4, -0.2) is 51.7 Å². The second-order valence-corrected chi connectivity index (χ2v) is 9.04. The Bertz CT molecular complexity index is 1150. The van der Waals surface area contributed by atoms with Crippen molar-refractivity contribution in [3.63, 3.8) is 0 Å². The third-order valence-corrected chi connectivity index (χ3v) is 6.60. The number of amides is 3. The number of nitrogens with zero attached hydrogens (tertiary/aromatic N) is 2. The molecule has 1 unspecified atom stereocenters. The van der Waals surface area contributed by atoms with Gasteiger partial charge in [-0.25, -0.2) is 10.8 Å². The van der Waals surface area contributed by atoms with Crippen LogP contribution in [0.5, 0.6) is 0 Å². The molecular formula is C26H32N6O3. The third kappa shape index (κ3) is 6.24. The van der Waals surface area contributed by atoms with E-state index in [1.54, 1.807) is 6.20 Å². The van der Waals surface area contributed by atoms with Crippen LogP contribution in [0.1, 0.15) is 36.9 Å². The number of nitrogens with two attached hydrogens (primary N) is 1. The molecule has 3 amide bonds. The number of fused-ring (bicyclic) bond motifs is 1. The predicted molar refractivity (Wildman–Crippen MR) is 133 cm³/mol. The summed E-state index contributed by atoms with van der Waals surface area (Å²) in [5.74, 6) is 3.85. The van der Waals surface area contributed by atoms with E-state index in [4.69, 9.17) is 5.84 Å². The van der Waals surface area contributed by atoms with Gasteiger partial charge in [0.25, 0.3) is 5.91 Å². The molecule has 0 spiro atoms. The number of H-pyrrole nitrogens is 1. The number of rotatable bonds is 9. The summed E-state index contributed by atoms with van der Waals surface area (Å²) in [6.07, 6.45) is 6.85. The normalized spacial score (nSPS) is 15.4. The van der Waals surface area contributed by atoms with E-state index < -0.39 is 17.9 Å². The second kappa shape index (κ2) is 11.6. The molecule has 0 radical (unpaired) electrons. The van der Waals surface area contributed by atoms with Gasteiger partial charge in [-0.15, -0.1) is 0 Å². The van der Waals surface area contributed by atoms with Gasteiger partial charge in [0.1, 0.15) is 6.04 Å². The molecule has 1 fully saturated rings. The SMILES string of the molecule is NNC(=O)[C@H](Cc1cnc[nH]1)NC(=O)C(CC(=O)N1CCCCC1)Cc1cccc2ccccc12. The summed E-state index contributed by atoms with van der Waals surface area (Å²) >= 11 is 0. The Hall–Kier alpha value is -3.72. The molecule has 35 heavy (non-hydrogen) atoms. The fourth-order valence-corrected chi connectivity index (χ4v) is 4.69. The van der Waals surface area contributed by atoms with Crippen molar-refractivity contribution in [2.24, 2.45) is 11.8 Å². The molecule has 1 aliphatic heterocycles. The first-order valence-corrected chi connectivity index (χ1v) is 12.1. The number of benzene rings is 2. The molecule has 1 aliphatic rings. The van der Waals surface area contributed by atoms with Gasteiger partial charge >= 0.3 is 0 Å². The average Bonchev–Trinajstić information content (AvgIpc) is 3.41. The number of piperidine rings is 1. The van der Waals surface area contributed by atoms with Gasteiger partial charge in [-0.05, 0) is 42.0 Å². The number of likely N-dealkylation sites (tertiary alicyclic amines) is 1. The summed E-state index contributed by atoms with van der Waals surface area (Å²) < 4.78 is 0. The van der Waals surface area contributed by atoms with Crippen LogP contribution in [0.25, 0.3) is 10.8 Å². The molecule has 9 heteroatoms. The molecule has 9 nitrogen and oxygen atoms in total. The highest BCUT2D eigenvalue weighted by Crippen LogP contribution is 2.24. The van der Waals surface area contributed by atoms with Gasteiger partial charge in [-0.1, -0.05) is 42.5 Å². The molecule has 4 rings (SSSR count). The van der Waals surface area contributed by atoms with Crippen LogP contribution in [0.2, 0.25) is 0 Å². The van der Waals surface area contributed by atoms with Crippen molar-refractivity contribution in [2.45, 2.75) is 44.6 Å². The van der Waals surface area contributed by atoms with E-state index in [9.17, 15) is 14.4 Å². The Labute approximate surface area is 204 Å². The molecule has 2 atom stereocenters. The predicted octanol–water partition coefficient (Wildman–Crippen LogP) is 1.84. The Kier molecular flexibility index (Phi) is 8.10. The van der Waals surface area contributed by atoms with Gasteiger partial charge in [0, 0.05) is 37.8 Å². The second-order valence-electron chi connectivity index (χ2n) is 9.04. The number of nitrogens with one attached hydrogen (secondary N) is 3. The largest absolute Gasteiger partial charge is 0.348 e. The van der Waals surface area contributed by atoms with Crippen LogP contribution in [0.3, 0.4) is 0 Å². The molecule has 184 valence electrons. The van der Waals surface area contributed by atoms with Crippen molar-refractivity contribution in [1.82, 2.24) is 25.6 Å². The van der Waals surface area contributed by atoms with E-state index in [1.165, 1.54) is 6.33 Å². The Morgan fingerprint density at radius 3 is 2.51 bits per heavy atom. The maximum atomic E-state index is 13.5. The van der Waals surface area contributed by atoms with Crippen molar-refractivity contribution in [3.05, 3.63) is 66.2 Å². The minimum atomic E-state index is -0.895. The lowest BCUT2D eigenvalue weighted by atomic mass is 9.91. The zero-order valence-corrected chi connectivity index (χ0v) is 19.7. The first-order chi connectivity index (χ1) is 17.0. The summed E-state index contributed by atoms with van der Waals surface area (Å²) in [6, 6.07) is 13.1. The lowest BCUT2D eigenvalue weighted by Crippen LogP contribution is -2.52. The number of hydrogen-bond donors (Lipinski definition) is 4. The van der Waals surface area contributed by atoms with Gasteiger partial charge in [0.05, 0.1) is 12.2 Å². The number of carbonyl (C=O) groups is 3. The standard InChI is InChI=1S/C26H32N6O3/c27-31-26(35)23(15-21-16-28-17-29-21)30-25(34)20(14-24(33)32-11-4-1-5-12-32)13-19-9-6-8-18-7-2-3-10-22(18)19/h2-3,6-10,16-17,20,23H,1,4-5,11-15,27H2,(H,28,29)(H,30,34)(H,31,35)/t20?,23-/m0/s1. The number of imidazole rings is 1. The quantitative estimate of drug-likeness (QED) is 0.212. The van der Waals surface area contributed by atoms with Gasteiger partial charge in [0.15, 0.2) is 0 Å². The number of hydrogen-bond acceptors (Lipinski definition) is 5. The van der Waals surface area contributed by atoms with Crippen molar-refractivity contribution in [1.29, 1.82) is 0 Å². The fraction of sp³-hybridized carbons (Fsp3) is 0.385. The molecule has 2 heterocycles. The summed E-state index contributed by atoms with van der Waals surface area (Å²) in [4.78, 5) is 47.9. The van der Waals surface area contributed by atoms with Gasteiger partial charge < -0.3 is 15.2 Å². The molecule has 0 aliphatic carbocycles. The number of hydrazine groups is 1. The molecule has 2 aromatic carbocycles. The van der Waals surface area contributed by atoms with Crippen molar-refractivity contribution >= 4 is 28.5 Å². The van der Waals surface area contributed by atoms with E-state index in [0.29, 0.717) is 12.1 Å². The van der Waals surface area contributed by atoms with Crippen LogP contribution in [0, 0.1) is 5.92 Å². The smallest absolute Gasteiger partial charge is 0.256 e. The topological polar surface area (TPSA) is 133 Å². The van der Waals surface area contributed by atoms with Crippen molar-refractivity contribution < 1.29 is 14.4 Å². The van der Waals surface area contributed by atoms with Crippen LogP contribution < -0.4 is 16.6 Å². The zero-order chi connectivity index (χ0) is 24.6. The van der Waals surface area contributed by atoms with Crippen LogP contribution in [-0.2, 0) is 27.2 Å². The van der Waals surface area contributed by atoms with E-state index in [2.05, 4.69) is 20.7 Å². The third-order valence-electron chi connectivity index (χ3n) is 6.60. The van der Waals surface area contributed by atoms with E-state index in [0.717, 1.165) is 48.7 Å². The van der Waals surface area contributed by atoms with E-state index >= 15 is 0 Å². The summed E-state index contributed by atoms with van der Waals surface area (Å²) in [7, 11) is 0. The molecular weight excluding hydrogens is 444 g/mol. The summed E-state index contributed by atoms with van der Waals surface area (Å²) in [5, 5.41) is 4.96. The van der Waals surface area contributed by atoms with Crippen LogP contribution >= 0.6 is 0 Å². The zero-order valence-electron chi connectivity index (χ0n) is 19.7. The number of aromatic nitrogens is 2. The minimum absolute atomic E-state index is 0.0292. The van der Waals surface area contributed by atoms with Crippen LogP contribution in [0.15, 0.2) is 55.0 Å². The average molecular weight is 477 g/mol. The van der Waals surface area contributed by atoms with Crippen molar-refractivity contribution in [3.8, 4) is 0 Å². The minimum Gasteiger partial charge on any atom is -0.348 e. The Morgan fingerprint density at radius 1 is 1.00 bits per heavy atom. The first-order valence-electron chi connectivity index (χ1n) is 12.1. The molecule has 1 saturated heterocycles. The number of carbonyl (C=O) groups excluding carboxylic acids is 3. The highest BCUT2D eigenvalue weighted by Gasteiger charge is 2.30. The summed E-state index contributed by atoms with van der Waals surface area (Å²) in [6.45, 7) is 1.44. The first kappa shape index (κ1) is 24.4. The van der Waals surface area contributed by atoms with E-state index in [-0.39, 0.29) is 24.7 Å². The van der Waals surface area contributed by atoms with Gasteiger partial charge in [-0.2, -0.15) is 0 Å². The highest BCUT2D eigenvalue weighted by molar-refractivity contribution is 5.92. The van der Waals surface area contributed by atoms with Crippen molar-refractivity contribution in [2.75, 3.05) is 13.1 Å². The van der Waals surface area contributed by atoms with E-state index in [1.807, 2.05) is 47.4 Å². The van der Waals surface area contributed by atoms with Gasteiger partial charge in [0.2, 0.25) is 11.8 Å². The highest BCUT2D eigenvalue weighted by atomic mass is 16.2. The maximum Gasteiger partial charge on any atom is 0.256 e. The maximum absolute atomic E-state index is 13.5. The molecule has 5 N–H and O–H groups in total. The Morgan fingerprint density at radius 2 is 1.77 bits per heavy atom. The molecule has 0 saturated carbocycles. The Balaban J connectivity index is 1.57. The lowest BCUT2D eigenvalue weighted by molar-refractivity contribution is -0.137. The fourth-order valence-electron chi connectivity index (χ4n) is 4.69. The molecule has 0 bridgehead atoms.